The molecule has 32 heavy (non-hydrogen) atoms. The van der Waals surface area contributed by atoms with Crippen molar-refractivity contribution < 1.29 is 13.0 Å². The Balaban J connectivity index is 1.93. The molecule has 0 aliphatic rings. The maximum Gasteiger partial charge on any atom is 0.277 e. The van der Waals surface area contributed by atoms with E-state index in [1.165, 1.54) is 25.3 Å². The highest BCUT2D eigenvalue weighted by Crippen LogP contribution is 2.32. The van der Waals surface area contributed by atoms with Gasteiger partial charge in [-0.1, -0.05) is 48.5 Å². The summed E-state index contributed by atoms with van der Waals surface area (Å²) in [6.45, 7) is 0. The van der Waals surface area contributed by atoms with Gasteiger partial charge in [0, 0.05) is 5.56 Å². The quantitative estimate of drug-likeness (QED) is 0.318. The van der Waals surface area contributed by atoms with E-state index in [0.29, 0.717) is 16.8 Å². The Kier molecular flexibility index (Phi) is 6.14. The lowest BCUT2D eigenvalue weighted by atomic mass is 9.99. The number of para-hydroxylation sites is 1. The van der Waals surface area contributed by atoms with Gasteiger partial charge >= 0.3 is 0 Å². The number of rotatable bonds is 7. The topological polar surface area (TPSA) is 156 Å². The van der Waals surface area contributed by atoms with Gasteiger partial charge in [0.1, 0.15) is 25.3 Å². The zero-order valence-electron chi connectivity index (χ0n) is 16.4. The van der Waals surface area contributed by atoms with Gasteiger partial charge in [-0.3, -0.25) is 4.55 Å². The Morgan fingerprint density at radius 1 is 0.844 bits per heavy atom. The Labute approximate surface area is 183 Å². The number of hydrogen-bond acceptors (Lipinski definition) is 10. The van der Waals surface area contributed by atoms with Gasteiger partial charge in [-0.15, -0.1) is 0 Å². The molecule has 0 fully saturated rings. The van der Waals surface area contributed by atoms with Crippen LogP contribution < -0.4 is 5.32 Å². The number of aromatic nitrogens is 6. The van der Waals surface area contributed by atoms with Crippen molar-refractivity contribution in [3.05, 3.63) is 91.0 Å². The standard InChI is InChI=1S/C20H16N8O3S/c29-32(30,31)18(14-6-2-1-3-7-14)17(28-20-25-12-22-13-26-20)15-8-4-5-9-16(15)27-19-23-10-21-11-24-19/h1-13,18H,(H,29,30,31)(H,21,23,24,27). The molecule has 0 amide bonds. The van der Waals surface area contributed by atoms with Crippen molar-refractivity contribution in [1.29, 1.82) is 0 Å². The van der Waals surface area contributed by atoms with Crippen LogP contribution in [-0.4, -0.2) is 48.6 Å². The molecule has 4 aromatic rings. The van der Waals surface area contributed by atoms with Crippen molar-refractivity contribution in [2.75, 3.05) is 5.32 Å². The van der Waals surface area contributed by atoms with Crippen LogP contribution >= 0.6 is 0 Å². The van der Waals surface area contributed by atoms with Crippen LogP contribution in [0.5, 0.6) is 0 Å². The zero-order chi connectivity index (χ0) is 22.4. The van der Waals surface area contributed by atoms with E-state index < -0.39 is 15.4 Å². The van der Waals surface area contributed by atoms with Crippen molar-refractivity contribution in [3.8, 4) is 0 Å². The number of nitrogens with one attached hydrogen (secondary N) is 1. The predicted octanol–water partition coefficient (Wildman–Crippen LogP) is 2.55. The molecule has 0 saturated heterocycles. The van der Waals surface area contributed by atoms with Crippen LogP contribution in [0.2, 0.25) is 0 Å². The molecule has 4 rings (SSSR count). The monoisotopic (exact) mass is 448 g/mol. The van der Waals surface area contributed by atoms with Crippen molar-refractivity contribution >= 4 is 33.4 Å². The SMILES string of the molecule is O=S(=O)(O)C(C(=Nc1ncncn1)c1ccccc1Nc1ncncn1)c1ccccc1. The highest BCUT2D eigenvalue weighted by atomic mass is 32.2. The summed E-state index contributed by atoms with van der Waals surface area (Å²) >= 11 is 0. The van der Waals surface area contributed by atoms with E-state index in [-0.39, 0.29) is 17.6 Å². The number of aliphatic imine (C=N–C) groups is 1. The second-order valence-corrected chi connectivity index (χ2v) is 7.87. The summed E-state index contributed by atoms with van der Waals surface area (Å²) in [4.78, 5) is 28.0. The Morgan fingerprint density at radius 3 is 2.09 bits per heavy atom. The van der Waals surface area contributed by atoms with Crippen molar-refractivity contribution in [1.82, 2.24) is 29.9 Å². The van der Waals surface area contributed by atoms with Crippen LogP contribution in [-0.2, 0) is 10.1 Å². The smallest absolute Gasteiger partial charge is 0.277 e. The summed E-state index contributed by atoms with van der Waals surface area (Å²) in [5.74, 6) is 0.227. The molecule has 11 nitrogen and oxygen atoms in total. The van der Waals surface area contributed by atoms with Crippen molar-refractivity contribution in [2.45, 2.75) is 5.25 Å². The summed E-state index contributed by atoms with van der Waals surface area (Å²) in [5, 5.41) is 1.51. The van der Waals surface area contributed by atoms with Gasteiger partial charge in [0.2, 0.25) is 5.95 Å². The Hall–Kier alpha value is -4.16. The van der Waals surface area contributed by atoms with E-state index >= 15 is 0 Å². The third-order valence-corrected chi connectivity index (χ3v) is 5.38. The fourth-order valence-electron chi connectivity index (χ4n) is 3.00. The first-order valence-corrected chi connectivity index (χ1v) is 10.7. The average molecular weight is 448 g/mol. The highest BCUT2D eigenvalue weighted by Gasteiger charge is 2.33. The molecule has 2 aromatic heterocycles. The van der Waals surface area contributed by atoms with Gasteiger partial charge in [0.15, 0.2) is 5.25 Å². The molecule has 160 valence electrons. The predicted molar refractivity (Wildman–Crippen MR) is 116 cm³/mol. The highest BCUT2D eigenvalue weighted by molar-refractivity contribution is 7.86. The van der Waals surface area contributed by atoms with Gasteiger partial charge < -0.3 is 5.32 Å². The molecule has 1 atom stereocenters. The first-order valence-electron chi connectivity index (χ1n) is 9.22. The number of nitrogens with zero attached hydrogens (tertiary/aromatic N) is 7. The molecule has 2 N–H and O–H groups in total. The van der Waals surface area contributed by atoms with Crippen LogP contribution in [0, 0.1) is 0 Å². The van der Waals surface area contributed by atoms with Crippen LogP contribution in [0.25, 0.3) is 0 Å². The van der Waals surface area contributed by atoms with Gasteiger partial charge in [-0.2, -0.15) is 18.4 Å². The van der Waals surface area contributed by atoms with Gasteiger partial charge in [0.25, 0.3) is 16.1 Å². The number of anilines is 2. The molecule has 2 aromatic carbocycles. The van der Waals surface area contributed by atoms with E-state index in [0.717, 1.165) is 0 Å². The molecule has 0 aliphatic carbocycles. The second kappa shape index (κ2) is 9.32. The van der Waals surface area contributed by atoms with Gasteiger partial charge in [0.05, 0.1) is 11.4 Å². The first kappa shape index (κ1) is 21.1. The zero-order valence-corrected chi connectivity index (χ0v) is 17.2. The fraction of sp³-hybridized carbons (Fsp3) is 0.0500. The lowest BCUT2D eigenvalue weighted by molar-refractivity contribution is 0.478. The van der Waals surface area contributed by atoms with Crippen molar-refractivity contribution in [3.63, 3.8) is 0 Å². The minimum atomic E-state index is -4.65. The summed E-state index contributed by atoms with van der Waals surface area (Å²) in [6.07, 6.45) is 5.12. The third kappa shape index (κ3) is 4.94. The largest absolute Gasteiger partial charge is 0.323 e. The lowest BCUT2D eigenvalue weighted by Crippen LogP contribution is -2.24. The summed E-state index contributed by atoms with van der Waals surface area (Å²) < 4.78 is 35.4. The minimum absolute atomic E-state index is 0.00190. The first-order chi connectivity index (χ1) is 15.5. The molecule has 0 spiro atoms. The van der Waals surface area contributed by atoms with Crippen LogP contribution in [0.4, 0.5) is 17.6 Å². The normalized spacial score (nSPS) is 12.8. The van der Waals surface area contributed by atoms with Gasteiger partial charge in [-0.25, -0.2) is 24.9 Å². The molecule has 1 unspecified atom stereocenters. The summed E-state index contributed by atoms with van der Waals surface area (Å²) in [5.41, 5.74) is 1.15. The molecular formula is C20H16N8O3S. The average Bonchev–Trinajstić information content (AvgIpc) is 2.80. The minimum Gasteiger partial charge on any atom is -0.323 e. The molecule has 12 heteroatoms. The van der Waals surface area contributed by atoms with E-state index in [1.54, 1.807) is 54.6 Å². The Bertz CT molecular complexity index is 1320. The van der Waals surface area contributed by atoms with Crippen molar-refractivity contribution in [2.24, 2.45) is 4.99 Å². The third-order valence-electron chi connectivity index (χ3n) is 4.29. The van der Waals surface area contributed by atoms with E-state index in [9.17, 15) is 13.0 Å². The van der Waals surface area contributed by atoms with Crippen LogP contribution in [0.1, 0.15) is 16.4 Å². The molecule has 0 bridgehead atoms. The number of benzene rings is 2. The maximum atomic E-state index is 12.6. The summed E-state index contributed by atoms with van der Waals surface area (Å²) in [6, 6.07) is 15.1. The van der Waals surface area contributed by atoms with Crippen LogP contribution in [0.15, 0.2) is 84.9 Å². The molecular weight excluding hydrogens is 432 g/mol. The molecule has 2 heterocycles. The second-order valence-electron chi connectivity index (χ2n) is 6.37. The van der Waals surface area contributed by atoms with E-state index in [4.69, 9.17) is 0 Å². The van der Waals surface area contributed by atoms with E-state index in [1.807, 2.05) is 0 Å². The maximum absolute atomic E-state index is 12.6. The lowest BCUT2D eigenvalue weighted by Gasteiger charge is -2.20. The molecule has 0 saturated carbocycles. The van der Waals surface area contributed by atoms with Crippen LogP contribution in [0.3, 0.4) is 0 Å². The summed E-state index contributed by atoms with van der Waals surface area (Å²) in [7, 11) is -4.65. The fourth-order valence-corrected chi connectivity index (χ4v) is 3.96. The van der Waals surface area contributed by atoms with Gasteiger partial charge in [-0.05, 0) is 11.6 Å². The van der Waals surface area contributed by atoms with E-state index in [2.05, 4.69) is 40.2 Å². The number of hydrogen-bond donors (Lipinski definition) is 2. The molecule has 0 radical (unpaired) electrons. The molecule has 0 aliphatic heterocycles. The Morgan fingerprint density at radius 2 is 1.44 bits per heavy atom.